The molecule has 0 unspecified atom stereocenters. The third-order valence-corrected chi connectivity index (χ3v) is 8.83. The minimum Gasteiger partial charge on any atom is -0.316 e. The van der Waals surface area contributed by atoms with E-state index in [-0.39, 0.29) is 11.7 Å². The van der Waals surface area contributed by atoms with Crippen molar-refractivity contribution in [3.05, 3.63) is 31.8 Å². The topological polar surface area (TPSA) is 83.6 Å². The molecular weight excluding hydrogens is 446 g/mol. The maximum Gasteiger partial charge on any atom is 0.235 e. The number of thiophene rings is 2. The Morgan fingerprint density at radius 1 is 1.32 bits per heavy atom. The summed E-state index contributed by atoms with van der Waals surface area (Å²) in [6, 6.07) is 2.32. The van der Waals surface area contributed by atoms with Crippen molar-refractivity contribution in [2.24, 2.45) is 7.05 Å². The van der Waals surface area contributed by atoms with Crippen LogP contribution >= 0.6 is 34.4 Å². The molecule has 0 saturated carbocycles. The third kappa shape index (κ3) is 4.43. The molecule has 3 heterocycles. The molecule has 4 rings (SSSR count). The van der Waals surface area contributed by atoms with Gasteiger partial charge in [-0.15, -0.1) is 32.9 Å². The lowest BCUT2D eigenvalue weighted by Gasteiger charge is -2.06. The molecule has 6 nitrogen and oxygen atoms in total. The Hall–Kier alpha value is -2.15. The molecule has 9 heteroatoms. The summed E-state index contributed by atoms with van der Waals surface area (Å²) in [7, 11) is 1.94. The first-order valence-corrected chi connectivity index (χ1v) is 13.2. The molecule has 0 atom stereocenters. The van der Waals surface area contributed by atoms with Crippen LogP contribution in [0, 0.1) is 18.3 Å². The summed E-state index contributed by atoms with van der Waals surface area (Å²) in [5.74, 6) is 0.934. The zero-order valence-corrected chi connectivity index (χ0v) is 20.4. The lowest BCUT2D eigenvalue weighted by Crippen LogP contribution is -2.14. The van der Waals surface area contributed by atoms with Crippen LogP contribution in [0.1, 0.15) is 52.6 Å². The van der Waals surface area contributed by atoms with Crippen molar-refractivity contribution in [2.45, 2.75) is 57.5 Å². The minimum atomic E-state index is -0.122. The highest BCUT2D eigenvalue weighted by Gasteiger charge is 2.22. The number of carbonyl (C=O) groups excluding carboxylic acids is 1. The van der Waals surface area contributed by atoms with E-state index in [0.29, 0.717) is 15.7 Å². The van der Waals surface area contributed by atoms with E-state index in [1.54, 1.807) is 22.7 Å². The number of aryl methyl sites for hydroxylation is 2. The van der Waals surface area contributed by atoms with Gasteiger partial charge in [0.25, 0.3) is 0 Å². The number of nitrogens with one attached hydrogen (secondary N) is 1. The van der Waals surface area contributed by atoms with Gasteiger partial charge in [0, 0.05) is 27.7 Å². The molecule has 0 aliphatic heterocycles. The average molecular weight is 472 g/mol. The monoisotopic (exact) mass is 471 g/mol. The molecule has 31 heavy (non-hydrogen) atoms. The van der Waals surface area contributed by atoms with E-state index in [1.165, 1.54) is 33.5 Å². The van der Waals surface area contributed by atoms with Crippen molar-refractivity contribution >= 4 is 45.3 Å². The van der Waals surface area contributed by atoms with Gasteiger partial charge in [-0.05, 0) is 50.2 Å². The van der Waals surface area contributed by atoms with Crippen molar-refractivity contribution in [2.75, 3.05) is 11.1 Å². The quantitative estimate of drug-likeness (QED) is 0.387. The van der Waals surface area contributed by atoms with Crippen molar-refractivity contribution in [1.29, 1.82) is 5.26 Å². The van der Waals surface area contributed by atoms with E-state index >= 15 is 0 Å². The number of hydrogen-bond acceptors (Lipinski definition) is 7. The van der Waals surface area contributed by atoms with Crippen LogP contribution in [0.3, 0.4) is 0 Å². The molecule has 0 fully saturated rings. The summed E-state index contributed by atoms with van der Waals surface area (Å²) >= 11 is 4.66. The van der Waals surface area contributed by atoms with Crippen LogP contribution in [0.25, 0.3) is 11.4 Å². The van der Waals surface area contributed by atoms with Gasteiger partial charge in [0.05, 0.1) is 11.3 Å². The van der Waals surface area contributed by atoms with Crippen molar-refractivity contribution in [3.8, 4) is 17.5 Å². The third-order valence-electron chi connectivity index (χ3n) is 5.65. The Bertz CT molecular complexity index is 1150. The molecule has 162 valence electrons. The average Bonchev–Trinajstić information content (AvgIpc) is 3.35. The lowest BCUT2D eigenvalue weighted by molar-refractivity contribution is -0.113. The number of amides is 1. The number of carbonyl (C=O) groups is 1. The van der Waals surface area contributed by atoms with Crippen LogP contribution in [-0.4, -0.2) is 26.4 Å². The molecule has 0 spiro atoms. The van der Waals surface area contributed by atoms with E-state index in [9.17, 15) is 10.1 Å². The van der Waals surface area contributed by atoms with E-state index < -0.39 is 0 Å². The van der Waals surface area contributed by atoms with E-state index in [1.807, 2.05) is 11.6 Å². The largest absolute Gasteiger partial charge is 0.316 e. The summed E-state index contributed by atoms with van der Waals surface area (Å²) in [5.41, 5.74) is 4.22. The Morgan fingerprint density at radius 3 is 2.90 bits per heavy atom. The first-order chi connectivity index (χ1) is 15.0. The minimum absolute atomic E-state index is 0.122. The fourth-order valence-corrected chi connectivity index (χ4v) is 6.93. The van der Waals surface area contributed by atoms with Crippen molar-refractivity contribution in [3.63, 3.8) is 0 Å². The van der Waals surface area contributed by atoms with E-state index in [2.05, 4.69) is 40.8 Å². The van der Waals surface area contributed by atoms with Crippen LogP contribution in [0.5, 0.6) is 0 Å². The number of anilines is 1. The van der Waals surface area contributed by atoms with Gasteiger partial charge in [-0.2, -0.15) is 5.26 Å². The SMILES string of the molecule is CCc1c(-c2nnc(SCC(=O)Nc3sc4c(c3C#N)CCCCC4)n2C)csc1C. The highest BCUT2D eigenvalue weighted by molar-refractivity contribution is 7.99. The number of hydrogen-bond donors (Lipinski definition) is 1. The molecule has 0 saturated heterocycles. The number of nitriles is 1. The van der Waals surface area contributed by atoms with Gasteiger partial charge >= 0.3 is 0 Å². The van der Waals surface area contributed by atoms with Gasteiger partial charge in [0.1, 0.15) is 11.1 Å². The van der Waals surface area contributed by atoms with Crippen molar-refractivity contribution in [1.82, 2.24) is 14.8 Å². The zero-order chi connectivity index (χ0) is 22.0. The maximum absolute atomic E-state index is 12.6. The Morgan fingerprint density at radius 2 is 2.13 bits per heavy atom. The lowest BCUT2D eigenvalue weighted by atomic mass is 10.1. The van der Waals surface area contributed by atoms with Gasteiger partial charge < -0.3 is 9.88 Å². The van der Waals surface area contributed by atoms with Crippen LogP contribution in [0.15, 0.2) is 10.5 Å². The second-order valence-corrected chi connectivity index (χ2v) is 10.8. The molecule has 0 radical (unpaired) electrons. The molecule has 0 aromatic carbocycles. The molecule has 3 aromatic rings. The van der Waals surface area contributed by atoms with Crippen LogP contribution < -0.4 is 5.32 Å². The highest BCUT2D eigenvalue weighted by atomic mass is 32.2. The Balaban J connectivity index is 1.45. The standard InChI is InChI=1S/C22H25N5OS3/c1-4-14-13(2)29-11-17(14)20-25-26-22(27(20)3)30-12-19(28)24-21-16(10-23)15-8-6-5-7-9-18(15)31-21/h11H,4-9,12H2,1-3H3,(H,24,28). The molecule has 1 aliphatic carbocycles. The predicted molar refractivity (Wildman–Crippen MR) is 128 cm³/mol. The van der Waals surface area contributed by atoms with Gasteiger partial charge in [0.15, 0.2) is 11.0 Å². The first kappa shape index (κ1) is 22.1. The second-order valence-electron chi connectivity index (χ2n) is 7.62. The summed E-state index contributed by atoms with van der Waals surface area (Å²) in [4.78, 5) is 15.2. The molecule has 1 aliphatic rings. The number of fused-ring (bicyclic) bond motifs is 1. The summed E-state index contributed by atoms with van der Waals surface area (Å²) in [6.45, 7) is 4.28. The smallest absolute Gasteiger partial charge is 0.235 e. The first-order valence-electron chi connectivity index (χ1n) is 10.5. The number of aromatic nitrogens is 3. The zero-order valence-electron chi connectivity index (χ0n) is 17.9. The normalized spacial score (nSPS) is 13.5. The second kappa shape index (κ2) is 9.55. The summed E-state index contributed by atoms with van der Waals surface area (Å²) in [5, 5.41) is 24.8. The number of rotatable bonds is 6. The number of nitrogens with zero attached hydrogens (tertiary/aromatic N) is 4. The Kier molecular flexibility index (Phi) is 6.80. The van der Waals surface area contributed by atoms with Gasteiger partial charge in [-0.3, -0.25) is 4.79 Å². The van der Waals surface area contributed by atoms with Crippen LogP contribution in [0.2, 0.25) is 0 Å². The van der Waals surface area contributed by atoms with Crippen LogP contribution in [0.4, 0.5) is 5.00 Å². The Labute approximate surface area is 194 Å². The van der Waals surface area contributed by atoms with Gasteiger partial charge in [-0.25, -0.2) is 0 Å². The fourth-order valence-electron chi connectivity index (χ4n) is 4.02. The fraction of sp³-hybridized carbons (Fsp3) is 0.455. The molecule has 0 bridgehead atoms. The summed E-state index contributed by atoms with van der Waals surface area (Å²) in [6.07, 6.45) is 6.36. The highest BCUT2D eigenvalue weighted by Crippen LogP contribution is 2.37. The predicted octanol–water partition coefficient (Wildman–Crippen LogP) is 5.35. The van der Waals surface area contributed by atoms with Crippen LogP contribution in [-0.2, 0) is 31.1 Å². The maximum atomic E-state index is 12.6. The van der Waals surface area contributed by atoms with Gasteiger partial charge in [0.2, 0.25) is 5.91 Å². The molecule has 1 amide bonds. The van der Waals surface area contributed by atoms with Gasteiger partial charge in [-0.1, -0.05) is 25.1 Å². The van der Waals surface area contributed by atoms with Crippen molar-refractivity contribution < 1.29 is 4.79 Å². The van der Waals surface area contributed by atoms with E-state index in [0.717, 1.165) is 49.1 Å². The number of thioether (sulfide) groups is 1. The molecular formula is C22H25N5OS3. The summed E-state index contributed by atoms with van der Waals surface area (Å²) < 4.78 is 1.95. The van der Waals surface area contributed by atoms with E-state index in [4.69, 9.17) is 0 Å². The molecule has 3 aromatic heterocycles. The molecule has 1 N–H and O–H groups in total.